The van der Waals surface area contributed by atoms with Crippen LogP contribution in [0.25, 0.3) is 0 Å². The molecule has 35 heavy (non-hydrogen) atoms. The van der Waals surface area contributed by atoms with Crippen LogP contribution in [-0.4, -0.2) is 18.3 Å². The molecule has 5 unspecified atom stereocenters. The summed E-state index contributed by atoms with van der Waals surface area (Å²) >= 11 is 0. The average Bonchev–Trinajstić information content (AvgIpc) is 3.09. The summed E-state index contributed by atoms with van der Waals surface area (Å²) in [6.45, 7) is 4.92. The number of nitrogens with zero attached hydrogens (tertiary/aromatic N) is 3. The summed E-state index contributed by atoms with van der Waals surface area (Å²) in [6.07, 6.45) is 7.67. The van der Waals surface area contributed by atoms with Crippen LogP contribution in [0.5, 0.6) is 5.75 Å². The van der Waals surface area contributed by atoms with Crippen LogP contribution in [-0.2, 0) is 9.47 Å². The van der Waals surface area contributed by atoms with Crippen molar-refractivity contribution in [1.82, 2.24) is 0 Å². The normalized spacial score (nSPS) is 32.4. The Kier molecular flexibility index (Phi) is 7.07. The number of nitriles is 3. The number of hydrogen-bond acceptors (Lipinski definition) is 7. The molecule has 2 heterocycles. The van der Waals surface area contributed by atoms with Crippen LogP contribution in [0, 0.1) is 62.1 Å². The van der Waals surface area contributed by atoms with Crippen molar-refractivity contribution < 1.29 is 14.2 Å². The summed E-state index contributed by atoms with van der Waals surface area (Å²) in [5.74, 6) is -0.953. The zero-order chi connectivity index (χ0) is 25.1. The zero-order valence-corrected chi connectivity index (χ0v) is 20.7. The van der Waals surface area contributed by atoms with E-state index < -0.39 is 28.6 Å². The molecule has 1 aromatic carbocycles. The van der Waals surface area contributed by atoms with Crippen LogP contribution < -0.4 is 4.74 Å². The van der Waals surface area contributed by atoms with Gasteiger partial charge in [0.25, 0.3) is 0 Å². The van der Waals surface area contributed by atoms with Gasteiger partial charge in [-0.1, -0.05) is 58.1 Å². The molecular weight excluding hydrogens is 440 g/mol. The molecule has 1 N–H and O–H groups in total. The summed E-state index contributed by atoms with van der Waals surface area (Å²) in [7, 11) is 0. The van der Waals surface area contributed by atoms with E-state index in [1.54, 1.807) is 12.1 Å². The number of benzene rings is 1. The fourth-order valence-electron chi connectivity index (χ4n) is 6.22. The van der Waals surface area contributed by atoms with Gasteiger partial charge in [0.15, 0.2) is 5.41 Å². The summed E-state index contributed by atoms with van der Waals surface area (Å²) < 4.78 is 18.4. The Labute approximate surface area is 208 Å². The molecule has 1 aromatic rings. The number of unbranched alkanes of at least 4 members (excludes halogenated alkanes) is 4. The number of ether oxygens (including phenoxy) is 3. The number of rotatable bonds is 9. The van der Waals surface area contributed by atoms with Crippen LogP contribution in [0.15, 0.2) is 24.3 Å². The van der Waals surface area contributed by atoms with Crippen molar-refractivity contribution in [2.24, 2.45) is 22.7 Å². The van der Waals surface area contributed by atoms with E-state index in [-0.39, 0.29) is 5.90 Å². The lowest BCUT2D eigenvalue weighted by atomic mass is 9.50. The lowest BCUT2D eigenvalue weighted by molar-refractivity contribution is -0.299. The topological polar surface area (TPSA) is 123 Å². The smallest absolute Gasteiger partial charge is 0.217 e. The lowest BCUT2D eigenvalue weighted by Gasteiger charge is -2.52. The van der Waals surface area contributed by atoms with Crippen molar-refractivity contribution >= 4 is 5.90 Å². The van der Waals surface area contributed by atoms with Gasteiger partial charge in [-0.2, -0.15) is 15.8 Å². The first-order valence-electron chi connectivity index (χ1n) is 12.9. The fraction of sp³-hybridized carbons (Fsp3) is 0.643. The molecule has 0 aromatic heterocycles. The van der Waals surface area contributed by atoms with Gasteiger partial charge >= 0.3 is 0 Å². The van der Waals surface area contributed by atoms with Crippen molar-refractivity contribution in [2.75, 3.05) is 6.61 Å². The molecule has 7 nitrogen and oxygen atoms in total. The molecule has 4 rings (SSSR count). The monoisotopic (exact) mass is 474 g/mol. The van der Waals surface area contributed by atoms with Crippen LogP contribution in [0.2, 0.25) is 0 Å². The van der Waals surface area contributed by atoms with E-state index in [4.69, 9.17) is 19.6 Å². The third-order valence-corrected chi connectivity index (χ3v) is 8.30. The fourth-order valence-corrected chi connectivity index (χ4v) is 6.22. The van der Waals surface area contributed by atoms with Crippen molar-refractivity contribution in [1.29, 1.82) is 21.2 Å². The van der Waals surface area contributed by atoms with Gasteiger partial charge in [-0.15, -0.1) is 0 Å². The minimum atomic E-state index is -1.90. The predicted octanol–water partition coefficient (Wildman–Crippen LogP) is 6.18. The Morgan fingerprint density at radius 1 is 1.03 bits per heavy atom. The SMILES string of the molecule is CCCCCCCOc1ccc(C2OC34CCC(CC)CC3C(C#N)(C(=N)O4)C2(C#N)C#N)cc1. The van der Waals surface area contributed by atoms with Crippen LogP contribution in [0.3, 0.4) is 0 Å². The van der Waals surface area contributed by atoms with E-state index in [1.165, 1.54) is 19.3 Å². The average molecular weight is 475 g/mol. The summed E-state index contributed by atoms with van der Waals surface area (Å²) in [4.78, 5) is 0. The molecule has 3 fully saturated rings. The Morgan fingerprint density at radius 2 is 1.74 bits per heavy atom. The molecule has 184 valence electrons. The molecule has 1 aliphatic carbocycles. The van der Waals surface area contributed by atoms with Crippen LogP contribution in [0.1, 0.15) is 83.3 Å². The second-order valence-corrected chi connectivity index (χ2v) is 10.1. The second-order valence-electron chi connectivity index (χ2n) is 10.1. The highest BCUT2D eigenvalue weighted by Gasteiger charge is 2.80. The quantitative estimate of drug-likeness (QED) is 0.426. The van der Waals surface area contributed by atoms with Crippen molar-refractivity contribution in [2.45, 2.75) is 83.5 Å². The van der Waals surface area contributed by atoms with Gasteiger partial charge in [0, 0.05) is 6.42 Å². The van der Waals surface area contributed by atoms with Gasteiger partial charge in [-0.3, -0.25) is 5.41 Å². The van der Waals surface area contributed by atoms with E-state index in [9.17, 15) is 15.8 Å². The van der Waals surface area contributed by atoms with Crippen molar-refractivity contribution in [3.63, 3.8) is 0 Å². The lowest BCUT2D eigenvalue weighted by Crippen LogP contribution is -2.61. The third-order valence-electron chi connectivity index (χ3n) is 8.30. The van der Waals surface area contributed by atoms with Gasteiger partial charge in [0.1, 0.15) is 11.9 Å². The maximum Gasteiger partial charge on any atom is 0.217 e. The first-order valence-corrected chi connectivity index (χ1v) is 12.9. The highest BCUT2D eigenvalue weighted by atomic mass is 16.7. The van der Waals surface area contributed by atoms with E-state index in [0.717, 1.165) is 25.7 Å². The largest absolute Gasteiger partial charge is 0.494 e. The highest BCUT2D eigenvalue weighted by molar-refractivity contribution is 5.89. The maximum absolute atomic E-state index is 10.5. The van der Waals surface area contributed by atoms with Crippen LogP contribution in [0.4, 0.5) is 0 Å². The maximum atomic E-state index is 10.5. The van der Waals surface area contributed by atoms with Gasteiger partial charge in [-0.25, -0.2) is 0 Å². The highest BCUT2D eigenvalue weighted by Crippen LogP contribution is 2.70. The molecule has 7 heteroatoms. The third kappa shape index (κ3) is 3.76. The minimum Gasteiger partial charge on any atom is -0.494 e. The predicted molar refractivity (Wildman–Crippen MR) is 129 cm³/mol. The van der Waals surface area contributed by atoms with Gasteiger partial charge < -0.3 is 14.2 Å². The molecule has 2 saturated heterocycles. The number of nitrogens with one attached hydrogen (secondary N) is 1. The molecule has 2 aliphatic heterocycles. The van der Waals surface area contributed by atoms with E-state index in [1.807, 2.05) is 12.1 Å². The number of hydrogen-bond donors (Lipinski definition) is 1. The molecule has 0 radical (unpaired) electrons. The zero-order valence-electron chi connectivity index (χ0n) is 20.7. The summed E-state index contributed by atoms with van der Waals surface area (Å²) in [6, 6.07) is 13.8. The molecule has 0 amide bonds. The Bertz CT molecular complexity index is 1050. The first kappa shape index (κ1) is 25.0. The van der Waals surface area contributed by atoms with E-state index in [2.05, 4.69) is 32.1 Å². The Hall–Kier alpha value is -3.08. The van der Waals surface area contributed by atoms with Crippen molar-refractivity contribution in [3.05, 3.63) is 29.8 Å². The van der Waals surface area contributed by atoms with E-state index >= 15 is 0 Å². The molecule has 1 saturated carbocycles. The molecule has 0 spiro atoms. The van der Waals surface area contributed by atoms with Gasteiger partial charge in [0.2, 0.25) is 17.1 Å². The summed E-state index contributed by atoms with van der Waals surface area (Å²) in [5, 5.41) is 39.9. The standard InChI is InChI=1S/C28H34N4O3/c1-3-5-6-7-8-15-33-22-11-9-21(10-12-22)24-26(17-29,18-30)27(19-31)23-16-20(4-2)13-14-28(23,34-24)35-25(27)32/h9-12,20,23-24,32H,3-8,13-16H2,1-2H3. The molecule has 2 bridgehead atoms. The van der Waals surface area contributed by atoms with Gasteiger partial charge in [-0.05, 0) is 42.9 Å². The molecule has 5 atom stereocenters. The molecular formula is C28H34N4O3. The van der Waals surface area contributed by atoms with Crippen molar-refractivity contribution in [3.8, 4) is 24.0 Å². The minimum absolute atomic E-state index is 0.310. The Balaban J connectivity index is 1.63. The first-order chi connectivity index (χ1) is 17.0. The molecule has 3 aliphatic rings. The second kappa shape index (κ2) is 9.88. The van der Waals surface area contributed by atoms with Gasteiger partial charge in [0.05, 0.1) is 30.7 Å². The van der Waals surface area contributed by atoms with E-state index in [0.29, 0.717) is 36.7 Å². The Morgan fingerprint density at radius 3 is 2.37 bits per heavy atom. The summed E-state index contributed by atoms with van der Waals surface area (Å²) in [5.41, 5.74) is -2.97. The van der Waals surface area contributed by atoms with Crippen LogP contribution >= 0.6 is 0 Å².